The number of methoxy groups -OCH3 is 1. The number of esters is 1. The van der Waals surface area contributed by atoms with Gasteiger partial charge in [0.1, 0.15) is 6.13 Å². The lowest BCUT2D eigenvalue weighted by molar-refractivity contribution is -0.140. The predicted molar refractivity (Wildman–Crippen MR) is 479 cm³/mol. The van der Waals surface area contributed by atoms with Gasteiger partial charge < -0.3 is 63.5 Å². The fraction of sp³-hybridized carbons (Fsp3) is 0.984. The van der Waals surface area contributed by atoms with Gasteiger partial charge >= 0.3 is 5.97 Å². The minimum absolute atomic E-state index is 0.0614. The zero-order chi connectivity index (χ0) is 77.2. The van der Waals surface area contributed by atoms with Gasteiger partial charge in [0.05, 0.1) is 92.9 Å². The van der Waals surface area contributed by atoms with Crippen LogP contribution in [0.2, 0.25) is 0 Å². The summed E-state index contributed by atoms with van der Waals surface area (Å²) in [6.07, 6.45) is 1.38. The molecule has 0 radical (unpaired) electrons. The normalized spacial score (nSPS) is 20.7. The van der Waals surface area contributed by atoms with Gasteiger partial charge in [-0.2, -0.15) is 0 Å². The second kappa shape index (κ2) is 54.7. The van der Waals surface area contributed by atoms with E-state index in [-0.39, 0.29) is 61.2 Å². The maximum absolute atomic E-state index is 12.6. The first-order chi connectivity index (χ1) is 45.9. The zero-order valence-electron chi connectivity index (χ0n) is 65.7. The van der Waals surface area contributed by atoms with Gasteiger partial charge in [0.25, 0.3) is 0 Å². The molecule has 0 N–H and O–H groups in total. The molecule has 0 aliphatic carbocycles. The Bertz CT molecular complexity index is 2440. The monoisotopic (exact) mass is 1810 g/mol. The molecule has 0 fully saturated rings. The summed E-state index contributed by atoms with van der Waals surface area (Å²) >= 11 is 54.6. The molecule has 0 aliphatic heterocycles. The van der Waals surface area contributed by atoms with E-state index in [4.69, 9.17) is 146 Å². The summed E-state index contributed by atoms with van der Waals surface area (Å²) in [5.74, 6) is 5.55. The van der Waals surface area contributed by atoms with E-state index in [1.165, 1.54) is 75.4 Å². The summed E-state index contributed by atoms with van der Waals surface area (Å²) in [6.45, 7) is 56.9. The highest BCUT2D eigenvalue weighted by molar-refractivity contribution is 8.70. The molecule has 16 atom stereocenters. The van der Waals surface area contributed by atoms with Gasteiger partial charge in [0.15, 0.2) is 0 Å². The van der Waals surface area contributed by atoms with Crippen LogP contribution in [0.3, 0.4) is 0 Å². The number of ether oxygens (including phenoxy) is 1. The van der Waals surface area contributed by atoms with E-state index in [0.717, 1.165) is 44.9 Å². The Kier molecular flexibility index (Phi) is 58.0. The van der Waals surface area contributed by atoms with Crippen molar-refractivity contribution in [2.45, 2.75) is 318 Å². The van der Waals surface area contributed by atoms with Crippen LogP contribution >= 0.6 is 120 Å². The van der Waals surface area contributed by atoms with Crippen molar-refractivity contribution in [3.05, 3.63) is 0 Å². The summed E-state index contributed by atoms with van der Waals surface area (Å²) in [4.78, 5) is 12.6. The molecule has 0 saturated heterocycles. The van der Waals surface area contributed by atoms with Gasteiger partial charge in [-0.25, -0.2) is 0 Å². The molecule has 15 nitrogen and oxygen atoms in total. The molecule has 0 aromatic heterocycles. The summed E-state index contributed by atoms with van der Waals surface area (Å²) in [5.41, 5.74) is -18.2. The average molecular weight is 1810 g/mol. The second-order valence-corrected chi connectivity index (χ2v) is 72.1. The smallest absolute Gasteiger partial charge is 0.306 e. The van der Waals surface area contributed by atoms with E-state index in [1.807, 2.05) is 41.5 Å². The van der Waals surface area contributed by atoms with Gasteiger partial charge in [-0.3, -0.25) is 4.79 Å². The van der Waals surface area contributed by atoms with Crippen molar-refractivity contribution < 1.29 is 68.3 Å². The molecule has 0 saturated carbocycles. The molecule has 0 heterocycles. The van der Waals surface area contributed by atoms with Crippen molar-refractivity contribution in [1.82, 2.24) is 0 Å². The third-order valence-corrected chi connectivity index (χ3v) is 50.7. The van der Waals surface area contributed by atoms with Gasteiger partial charge in [-0.15, -0.1) is 0 Å². The standard InChI is InChI=1S/C64H135O15P7S14/c1-44(2)31-51(15)67-80(87)94-38-58(22)74-85(92,77-61(25)41-96-82(89,68-52(16)32-45(3)4)69-53(17)33-46(5)6)99-39-59(23)75-81(88,95-30-29-64(65)66-28)76-60(24)40-100-86(93,78-62(26)42-97-83(90,70-54(18)34-47(7)8)71-55(19)35-48(9)10)79-63(27)43-98-84(91,72-56(20)36-49(11)12)73-57(21)37-50(13)14/h44-63,80H,29-43H2,1-28H3. The van der Waals surface area contributed by atoms with Crippen LogP contribution in [0.5, 0.6) is 0 Å². The van der Waals surface area contributed by atoms with Crippen molar-refractivity contribution in [1.29, 1.82) is 0 Å². The van der Waals surface area contributed by atoms with Crippen LogP contribution in [0.1, 0.15) is 238 Å². The lowest BCUT2D eigenvalue weighted by atomic mass is 10.1. The fourth-order valence-corrected chi connectivity index (χ4v) is 47.5. The van der Waals surface area contributed by atoms with E-state index < -0.39 is 70.8 Å². The average Bonchev–Trinajstić information content (AvgIpc) is 0.851. The number of carbonyl (C=O) groups excluding carboxylic acids is 1. The Hall–Kier alpha value is 5.95. The summed E-state index contributed by atoms with van der Waals surface area (Å²) in [7, 11) is 1.37. The first kappa shape index (κ1) is 106. The van der Waals surface area contributed by atoms with Crippen LogP contribution in [0, 0.1) is 41.4 Å². The highest BCUT2D eigenvalue weighted by atomic mass is 32.9. The quantitative estimate of drug-likeness (QED) is 0.0420. The minimum atomic E-state index is -3.26. The SMILES string of the molecule is COC(=O)CCSP(=S)(OC(C)CSP(=S)(OC(C)CS[PH](=S)OC(C)CC(C)C)OC(C)CSP(=S)(OC(C)CC(C)C)OC(C)CC(C)C)OC(C)CSP(=S)(OC(C)CSP(=S)(OC(C)CC(C)C)OC(C)CC(C)C)OC(C)CSP(=S)(OC(C)CC(C)C)OC(C)CC(C)C. The van der Waals surface area contributed by atoms with Gasteiger partial charge in [0.2, 0.25) is 34.2 Å². The van der Waals surface area contributed by atoms with E-state index >= 15 is 0 Å². The minimum Gasteiger partial charge on any atom is -0.469 e. The molecule has 0 spiro atoms. The van der Waals surface area contributed by atoms with Crippen LogP contribution in [0.4, 0.5) is 0 Å². The third kappa shape index (κ3) is 54.7. The molecule has 0 aliphatic rings. The van der Waals surface area contributed by atoms with Gasteiger partial charge in [0, 0.05) is 40.3 Å². The molecule has 600 valence electrons. The molecule has 0 rings (SSSR count). The first-order valence-electron chi connectivity index (χ1n) is 35.5. The van der Waals surface area contributed by atoms with Crippen LogP contribution in [0.15, 0.2) is 0 Å². The Morgan fingerprint density at radius 2 is 0.470 bits per heavy atom. The van der Waals surface area contributed by atoms with Crippen molar-refractivity contribution in [2.24, 2.45) is 41.4 Å². The lowest BCUT2D eigenvalue weighted by Gasteiger charge is -2.33. The van der Waals surface area contributed by atoms with E-state index in [0.29, 0.717) is 81.7 Å². The third-order valence-electron chi connectivity index (χ3n) is 13.2. The molecule has 16 unspecified atom stereocenters. The Morgan fingerprint density at radius 3 is 0.670 bits per heavy atom. The second-order valence-electron chi connectivity index (χ2n) is 29.2. The predicted octanol–water partition coefficient (Wildman–Crippen LogP) is 26.1. The van der Waals surface area contributed by atoms with Crippen LogP contribution in [-0.4, -0.2) is 133 Å². The molecular formula is C64H135O15P7S14. The number of carbonyl (C=O) groups is 1. The van der Waals surface area contributed by atoms with Crippen LogP contribution in [0.25, 0.3) is 0 Å². The Balaban J connectivity index is 7.40. The van der Waals surface area contributed by atoms with Crippen molar-refractivity contribution >= 4 is 209 Å². The maximum Gasteiger partial charge on any atom is 0.306 e. The summed E-state index contributed by atoms with van der Waals surface area (Å²) in [6, 6.07) is 0. The van der Waals surface area contributed by atoms with E-state index in [1.54, 1.807) is 11.4 Å². The molecule has 100 heavy (non-hydrogen) atoms. The van der Waals surface area contributed by atoms with Crippen LogP contribution < -0.4 is 0 Å². The highest BCUT2D eigenvalue weighted by Gasteiger charge is 2.37. The Labute approximate surface area is 676 Å². The molecule has 0 amide bonds. The highest BCUT2D eigenvalue weighted by Crippen LogP contribution is 2.71. The zero-order valence-corrected chi connectivity index (χ0v) is 83.5. The van der Waals surface area contributed by atoms with E-state index in [9.17, 15) is 4.79 Å². The number of hydrogen-bond donors (Lipinski definition) is 0. The topological polar surface area (TPSA) is 146 Å². The number of hydrogen-bond acceptors (Lipinski definition) is 29. The lowest BCUT2D eigenvalue weighted by Crippen LogP contribution is -2.19. The Morgan fingerprint density at radius 1 is 0.290 bits per heavy atom. The van der Waals surface area contributed by atoms with Gasteiger partial charge in [-0.05, 0) is 247 Å². The molecule has 0 aromatic carbocycles. The van der Waals surface area contributed by atoms with E-state index in [2.05, 4.69) is 145 Å². The first-order valence-corrected chi connectivity index (χ1v) is 65.1. The molecule has 36 heteroatoms. The molecular weight excluding hydrogens is 1670 g/mol. The van der Waals surface area contributed by atoms with Crippen molar-refractivity contribution in [3.63, 3.8) is 0 Å². The summed E-state index contributed by atoms with van der Waals surface area (Å²) < 4.78 is 92.9. The largest absolute Gasteiger partial charge is 0.469 e. The van der Waals surface area contributed by atoms with Crippen molar-refractivity contribution in [2.75, 3.05) is 47.4 Å². The number of rotatable bonds is 62. The summed E-state index contributed by atoms with van der Waals surface area (Å²) in [5, 5.41) is 0. The van der Waals surface area contributed by atoms with Crippen LogP contribution in [-0.2, 0) is 151 Å². The van der Waals surface area contributed by atoms with Gasteiger partial charge in [-0.1, -0.05) is 188 Å². The molecule has 0 bridgehead atoms. The van der Waals surface area contributed by atoms with Crippen molar-refractivity contribution in [3.8, 4) is 0 Å². The molecule has 0 aromatic rings. The maximum atomic E-state index is 12.6. The fourth-order valence-electron chi connectivity index (χ4n) is 10.0.